The maximum atomic E-state index is 11.5. The number of aromatic nitrogens is 1. The zero-order valence-electron chi connectivity index (χ0n) is 10.1. The van der Waals surface area contributed by atoms with Gasteiger partial charge in [0.2, 0.25) is 0 Å². The molecule has 19 heavy (non-hydrogen) atoms. The Bertz CT molecular complexity index is 608. The third kappa shape index (κ3) is 2.83. The van der Waals surface area contributed by atoms with Gasteiger partial charge in [-0.25, -0.2) is 10.6 Å². The number of fused-ring (bicyclic) bond motifs is 1. The molecule has 1 atom stereocenters. The fraction of sp³-hybridized carbons (Fsp3) is 0.167. The topological polar surface area (TPSA) is 123 Å². The molecular weight excluding hydrogens is 248 g/mol. The lowest BCUT2D eigenvalue weighted by molar-refractivity contribution is -0.129. The van der Waals surface area contributed by atoms with E-state index in [9.17, 15) is 9.59 Å². The minimum Gasteiger partial charge on any atom is -0.436 e. The van der Waals surface area contributed by atoms with Crippen molar-refractivity contribution in [2.45, 2.75) is 12.5 Å². The monoisotopic (exact) mass is 262 g/mol. The fourth-order valence-electron chi connectivity index (χ4n) is 1.92. The molecule has 1 unspecified atom stereocenters. The van der Waals surface area contributed by atoms with Gasteiger partial charge in [0.25, 0.3) is 5.91 Å². The predicted octanol–water partition coefficient (Wildman–Crippen LogP) is 0.164. The third-order valence-corrected chi connectivity index (χ3v) is 2.77. The molecule has 1 aromatic carbocycles. The van der Waals surface area contributed by atoms with E-state index in [2.05, 4.69) is 4.98 Å². The Labute approximate surface area is 108 Å². The second-order valence-electron chi connectivity index (χ2n) is 4.00. The molecule has 100 valence electrons. The second-order valence-corrected chi connectivity index (χ2v) is 4.00. The Balaban J connectivity index is 2.25. The van der Waals surface area contributed by atoms with Crippen molar-refractivity contribution in [2.24, 2.45) is 11.6 Å². The molecule has 7 nitrogen and oxygen atoms in total. The standard InChI is InChI=1S/C12H14N4O3/c13-12(18)19-10(11(17)16-14)5-7-6-15-9-4-2-1-3-8(7)9/h1-4,6,10,15H,5,14H2,(H2,13,18)(H,16,17). The summed E-state index contributed by atoms with van der Waals surface area (Å²) in [5.41, 5.74) is 8.66. The van der Waals surface area contributed by atoms with Gasteiger partial charge in [0.05, 0.1) is 0 Å². The van der Waals surface area contributed by atoms with Crippen LogP contribution in [0.4, 0.5) is 4.79 Å². The van der Waals surface area contributed by atoms with E-state index in [1.807, 2.05) is 29.7 Å². The van der Waals surface area contributed by atoms with Crippen LogP contribution in [0.2, 0.25) is 0 Å². The van der Waals surface area contributed by atoms with Crippen LogP contribution in [0, 0.1) is 0 Å². The summed E-state index contributed by atoms with van der Waals surface area (Å²) in [4.78, 5) is 25.4. The number of primary amides is 1. The number of carbonyl (C=O) groups is 2. The van der Waals surface area contributed by atoms with Crippen LogP contribution in [0.15, 0.2) is 30.5 Å². The Morgan fingerprint density at radius 2 is 2.11 bits per heavy atom. The Morgan fingerprint density at radius 3 is 2.79 bits per heavy atom. The number of carbonyl (C=O) groups excluding carboxylic acids is 2. The van der Waals surface area contributed by atoms with Crippen LogP contribution in [0.25, 0.3) is 10.9 Å². The third-order valence-electron chi connectivity index (χ3n) is 2.77. The van der Waals surface area contributed by atoms with E-state index in [0.29, 0.717) is 0 Å². The summed E-state index contributed by atoms with van der Waals surface area (Å²) in [7, 11) is 0. The van der Waals surface area contributed by atoms with Crippen molar-refractivity contribution in [3.05, 3.63) is 36.0 Å². The molecule has 6 N–H and O–H groups in total. The minimum absolute atomic E-state index is 0.190. The second kappa shape index (κ2) is 5.40. The van der Waals surface area contributed by atoms with Crippen molar-refractivity contribution in [2.75, 3.05) is 0 Å². The van der Waals surface area contributed by atoms with Gasteiger partial charge >= 0.3 is 6.09 Å². The average molecular weight is 262 g/mol. The van der Waals surface area contributed by atoms with Crippen molar-refractivity contribution < 1.29 is 14.3 Å². The number of nitrogens with one attached hydrogen (secondary N) is 2. The molecule has 2 rings (SSSR count). The molecule has 0 aliphatic rings. The highest BCUT2D eigenvalue weighted by Crippen LogP contribution is 2.19. The molecule has 0 fully saturated rings. The van der Waals surface area contributed by atoms with Crippen molar-refractivity contribution in [3.8, 4) is 0 Å². The number of hydrazine groups is 1. The van der Waals surface area contributed by atoms with Crippen LogP contribution in [0.3, 0.4) is 0 Å². The predicted molar refractivity (Wildman–Crippen MR) is 68.8 cm³/mol. The number of para-hydroxylation sites is 1. The number of benzene rings is 1. The smallest absolute Gasteiger partial charge is 0.405 e. The first-order valence-electron chi connectivity index (χ1n) is 5.63. The number of hydrogen-bond acceptors (Lipinski definition) is 4. The van der Waals surface area contributed by atoms with Gasteiger partial charge in [-0.1, -0.05) is 18.2 Å². The molecule has 7 heteroatoms. The number of hydrogen-bond donors (Lipinski definition) is 4. The maximum Gasteiger partial charge on any atom is 0.405 e. The Morgan fingerprint density at radius 1 is 1.37 bits per heavy atom. The summed E-state index contributed by atoms with van der Waals surface area (Å²) in [6.07, 6.45) is -0.128. The molecule has 0 saturated heterocycles. The van der Waals surface area contributed by atoms with Crippen molar-refractivity contribution in [3.63, 3.8) is 0 Å². The van der Waals surface area contributed by atoms with Crippen LogP contribution in [0.5, 0.6) is 0 Å². The molecule has 0 aliphatic heterocycles. The molecule has 0 saturated carbocycles. The Hall–Kier alpha value is -2.54. The van der Waals surface area contributed by atoms with Crippen LogP contribution in [0.1, 0.15) is 5.56 Å². The molecule has 0 spiro atoms. The normalized spacial score (nSPS) is 12.1. The SMILES string of the molecule is NNC(=O)C(Cc1c[nH]c2ccccc12)OC(N)=O. The van der Waals surface area contributed by atoms with Gasteiger partial charge in [0.15, 0.2) is 6.10 Å². The van der Waals surface area contributed by atoms with Crippen LogP contribution >= 0.6 is 0 Å². The average Bonchev–Trinajstić information content (AvgIpc) is 2.80. The quantitative estimate of drug-likeness (QED) is 0.356. The Kier molecular flexibility index (Phi) is 3.67. The minimum atomic E-state index is -1.05. The molecule has 1 heterocycles. The zero-order chi connectivity index (χ0) is 13.8. The van der Waals surface area contributed by atoms with Crippen LogP contribution in [-0.2, 0) is 16.0 Å². The van der Waals surface area contributed by atoms with Gasteiger partial charge in [-0.3, -0.25) is 10.2 Å². The van der Waals surface area contributed by atoms with Gasteiger partial charge in [-0.15, -0.1) is 0 Å². The molecule has 0 radical (unpaired) electrons. The van der Waals surface area contributed by atoms with E-state index in [1.54, 1.807) is 6.20 Å². The fourth-order valence-corrected chi connectivity index (χ4v) is 1.92. The molecule has 2 aromatic rings. The van der Waals surface area contributed by atoms with E-state index in [-0.39, 0.29) is 6.42 Å². The highest BCUT2D eigenvalue weighted by Gasteiger charge is 2.22. The first-order chi connectivity index (χ1) is 9.11. The van der Waals surface area contributed by atoms with Gasteiger partial charge in [0, 0.05) is 23.5 Å². The van der Waals surface area contributed by atoms with Gasteiger partial charge < -0.3 is 15.5 Å². The number of amides is 2. The molecule has 0 aliphatic carbocycles. The number of aromatic amines is 1. The maximum absolute atomic E-state index is 11.5. The van der Waals surface area contributed by atoms with Gasteiger partial charge in [0.1, 0.15) is 0 Å². The molecule has 0 bridgehead atoms. The van der Waals surface area contributed by atoms with Crippen LogP contribution < -0.4 is 17.0 Å². The molecular formula is C12H14N4O3. The lowest BCUT2D eigenvalue weighted by Gasteiger charge is -2.14. The summed E-state index contributed by atoms with van der Waals surface area (Å²) in [6, 6.07) is 7.59. The van der Waals surface area contributed by atoms with E-state index in [1.165, 1.54) is 0 Å². The lowest BCUT2D eigenvalue weighted by atomic mass is 10.1. The van der Waals surface area contributed by atoms with Gasteiger partial charge in [-0.2, -0.15) is 0 Å². The molecule has 1 aromatic heterocycles. The summed E-state index contributed by atoms with van der Waals surface area (Å²) in [6.45, 7) is 0. The summed E-state index contributed by atoms with van der Waals surface area (Å²) in [5, 5.41) is 0.949. The van der Waals surface area contributed by atoms with E-state index in [4.69, 9.17) is 16.3 Å². The first-order valence-corrected chi connectivity index (χ1v) is 5.63. The first kappa shape index (κ1) is 12.9. The number of nitrogens with two attached hydrogens (primary N) is 2. The largest absolute Gasteiger partial charge is 0.436 e. The summed E-state index contributed by atoms with van der Waals surface area (Å²) in [5.74, 6) is 4.44. The van der Waals surface area contributed by atoms with Crippen molar-refractivity contribution in [1.29, 1.82) is 0 Å². The van der Waals surface area contributed by atoms with Crippen molar-refractivity contribution >= 4 is 22.9 Å². The van der Waals surface area contributed by atoms with Crippen molar-refractivity contribution in [1.82, 2.24) is 10.4 Å². The highest BCUT2D eigenvalue weighted by molar-refractivity contribution is 5.86. The summed E-state index contributed by atoms with van der Waals surface area (Å²) < 4.78 is 4.76. The number of H-pyrrole nitrogens is 1. The van der Waals surface area contributed by atoms with E-state index >= 15 is 0 Å². The molecule has 2 amide bonds. The van der Waals surface area contributed by atoms with Crippen LogP contribution in [-0.4, -0.2) is 23.1 Å². The lowest BCUT2D eigenvalue weighted by Crippen LogP contribution is -2.43. The number of rotatable bonds is 4. The highest BCUT2D eigenvalue weighted by atomic mass is 16.6. The van der Waals surface area contributed by atoms with Gasteiger partial charge in [-0.05, 0) is 11.6 Å². The zero-order valence-corrected chi connectivity index (χ0v) is 10.1. The van der Waals surface area contributed by atoms with E-state index in [0.717, 1.165) is 16.5 Å². The number of ether oxygens (including phenoxy) is 1. The van der Waals surface area contributed by atoms with E-state index < -0.39 is 18.1 Å². The summed E-state index contributed by atoms with van der Waals surface area (Å²) >= 11 is 0.